The molecule has 0 bridgehead atoms. The van der Waals surface area contributed by atoms with E-state index in [1.165, 1.54) is 36.8 Å². The Kier molecular flexibility index (Phi) is 5.84. The highest BCUT2D eigenvalue weighted by Crippen LogP contribution is 2.68. The standard InChI is InChI=1S/C27H44O2/c1-17(2)7-6-8-18(3)21-9-10-22-20-16-25(29)24-15-19(28)11-13-27(24,5)23(20)12-14-26(21,22)4/h7,19-25,28-29H,3,6,8-16H2,1-2,4-5H3/t19?,20-,21+,22-,23-,24?,25?,26+,27+/m0/s1. The Bertz CT molecular complexity index is 661. The minimum atomic E-state index is -0.224. The fraction of sp³-hybridized carbons (Fsp3) is 0.852. The van der Waals surface area contributed by atoms with Gasteiger partial charge in [-0.15, -0.1) is 0 Å². The van der Waals surface area contributed by atoms with Crippen LogP contribution in [0.25, 0.3) is 0 Å². The van der Waals surface area contributed by atoms with E-state index in [4.69, 9.17) is 0 Å². The fourth-order valence-corrected chi connectivity index (χ4v) is 8.67. The van der Waals surface area contributed by atoms with Gasteiger partial charge in [0.1, 0.15) is 0 Å². The average molecular weight is 401 g/mol. The highest BCUT2D eigenvalue weighted by atomic mass is 16.3. The molecule has 4 rings (SSSR count). The molecule has 4 aliphatic carbocycles. The second kappa shape index (κ2) is 7.83. The van der Waals surface area contributed by atoms with Gasteiger partial charge in [0.2, 0.25) is 0 Å². The zero-order valence-electron chi connectivity index (χ0n) is 19.3. The van der Waals surface area contributed by atoms with Gasteiger partial charge in [-0.2, -0.15) is 0 Å². The van der Waals surface area contributed by atoms with Gasteiger partial charge in [0.15, 0.2) is 0 Å². The number of aliphatic hydroxyl groups excluding tert-OH is 2. The van der Waals surface area contributed by atoms with Crippen molar-refractivity contribution in [1.82, 2.24) is 0 Å². The number of rotatable bonds is 4. The summed E-state index contributed by atoms with van der Waals surface area (Å²) in [4.78, 5) is 0. The normalized spacial score (nSPS) is 49.0. The molecule has 2 N–H and O–H groups in total. The van der Waals surface area contributed by atoms with Crippen molar-refractivity contribution in [2.75, 3.05) is 0 Å². The second-order valence-electron chi connectivity index (χ2n) is 11.9. The molecule has 2 heteroatoms. The molecule has 0 radical (unpaired) electrons. The lowest BCUT2D eigenvalue weighted by atomic mass is 9.44. The molecule has 0 spiro atoms. The molecule has 0 amide bonds. The third kappa shape index (κ3) is 3.57. The predicted octanol–water partition coefficient (Wildman–Crippen LogP) is 6.28. The molecule has 164 valence electrons. The van der Waals surface area contributed by atoms with Crippen molar-refractivity contribution in [3.05, 3.63) is 23.8 Å². The maximum Gasteiger partial charge on any atom is 0.0577 e. The van der Waals surface area contributed by atoms with Crippen molar-refractivity contribution >= 4 is 0 Å². The van der Waals surface area contributed by atoms with E-state index in [1.807, 2.05) is 0 Å². The number of aliphatic hydroxyl groups is 2. The number of allylic oxidation sites excluding steroid dienone is 3. The molecule has 2 nitrogen and oxygen atoms in total. The van der Waals surface area contributed by atoms with E-state index in [-0.39, 0.29) is 17.6 Å². The Morgan fingerprint density at radius 2 is 1.62 bits per heavy atom. The Labute approximate surface area is 178 Å². The molecular weight excluding hydrogens is 356 g/mol. The van der Waals surface area contributed by atoms with Gasteiger partial charge in [0, 0.05) is 0 Å². The van der Waals surface area contributed by atoms with E-state index in [0.717, 1.165) is 50.4 Å². The SMILES string of the molecule is C=C(CCC=C(C)C)[C@H]1CC[C@H]2[C@@H]3CC(O)C4CC(O)CC[C@]4(C)[C@H]3CC[C@]12C. The van der Waals surface area contributed by atoms with Gasteiger partial charge in [0.25, 0.3) is 0 Å². The molecule has 29 heavy (non-hydrogen) atoms. The molecule has 9 atom stereocenters. The first-order valence-corrected chi connectivity index (χ1v) is 12.3. The number of fused-ring (bicyclic) bond motifs is 5. The summed E-state index contributed by atoms with van der Waals surface area (Å²) in [7, 11) is 0. The highest BCUT2D eigenvalue weighted by Gasteiger charge is 2.62. The zero-order chi connectivity index (χ0) is 21.0. The monoisotopic (exact) mass is 400 g/mol. The van der Waals surface area contributed by atoms with Crippen molar-refractivity contribution in [1.29, 1.82) is 0 Å². The van der Waals surface area contributed by atoms with Gasteiger partial charge in [-0.25, -0.2) is 0 Å². The predicted molar refractivity (Wildman–Crippen MR) is 120 cm³/mol. The van der Waals surface area contributed by atoms with Crippen molar-refractivity contribution < 1.29 is 10.2 Å². The van der Waals surface area contributed by atoms with Gasteiger partial charge >= 0.3 is 0 Å². The fourth-order valence-electron chi connectivity index (χ4n) is 8.67. The van der Waals surface area contributed by atoms with Crippen molar-refractivity contribution in [3.8, 4) is 0 Å². The van der Waals surface area contributed by atoms with Gasteiger partial charge in [-0.05, 0) is 118 Å². The molecule has 0 aliphatic heterocycles. The van der Waals surface area contributed by atoms with Gasteiger partial charge < -0.3 is 10.2 Å². The molecule has 0 heterocycles. The van der Waals surface area contributed by atoms with Crippen LogP contribution in [0.15, 0.2) is 23.8 Å². The molecule has 0 aromatic rings. The van der Waals surface area contributed by atoms with Gasteiger partial charge in [0.05, 0.1) is 12.2 Å². The highest BCUT2D eigenvalue weighted by molar-refractivity contribution is 5.17. The zero-order valence-corrected chi connectivity index (χ0v) is 19.3. The van der Waals surface area contributed by atoms with E-state index in [1.54, 1.807) is 0 Å². The van der Waals surface area contributed by atoms with E-state index in [9.17, 15) is 10.2 Å². The molecule has 4 saturated carbocycles. The first-order chi connectivity index (χ1) is 13.7. The Hall–Kier alpha value is -0.600. The Morgan fingerprint density at radius 1 is 0.931 bits per heavy atom. The van der Waals surface area contributed by atoms with E-state index in [0.29, 0.717) is 23.2 Å². The van der Waals surface area contributed by atoms with E-state index in [2.05, 4.69) is 40.3 Å². The number of hydrogen-bond acceptors (Lipinski definition) is 2. The molecule has 4 aliphatic rings. The van der Waals surface area contributed by atoms with Crippen LogP contribution in [-0.2, 0) is 0 Å². The van der Waals surface area contributed by atoms with Crippen LogP contribution in [0.2, 0.25) is 0 Å². The molecular formula is C27H44O2. The molecule has 0 aromatic carbocycles. The van der Waals surface area contributed by atoms with Gasteiger partial charge in [-0.3, -0.25) is 0 Å². The van der Waals surface area contributed by atoms with Crippen LogP contribution in [0.1, 0.15) is 91.9 Å². The summed E-state index contributed by atoms with van der Waals surface area (Å²) in [5, 5.41) is 21.4. The van der Waals surface area contributed by atoms with Crippen LogP contribution in [0.3, 0.4) is 0 Å². The molecule has 4 fully saturated rings. The van der Waals surface area contributed by atoms with Crippen LogP contribution in [0.4, 0.5) is 0 Å². The van der Waals surface area contributed by atoms with E-state index < -0.39 is 0 Å². The summed E-state index contributed by atoms with van der Waals surface area (Å²) < 4.78 is 0. The molecule has 0 aromatic heterocycles. The Morgan fingerprint density at radius 3 is 2.34 bits per heavy atom. The van der Waals surface area contributed by atoms with Crippen LogP contribution in [0, 0.1) is 40.4 Å². The Balaban J connectivity index is 1.53. The van der Waals surface area contributed by atoms with Crippen molar-refractivity contribution in [2.24, 2.45) is 40.4 Å². The van der Waals surface area contributed by atoms with Crippen LogP contribution in [0.5, 0.6) is 0 Å². The minimum Gasteiger partial charge on any atom is -0.393 e. The van der Waals surface area contributed by atoms with Crippen LogP contribution in [-0.4, -0.2) is 22.4 Å². The molecule has 0 saturated heterocycles. The third-order valence-corrected chi connectivity index (χ3v) is 10.2. The van der Waals surface area contributed by atoms with Crippen molar-refractivity contribution in [2.45, 2.75) is 104 Å². The summed E-state index contributed by atoms with van der Waals surface area (Å²) >= 11 is 0. The maximum atomic E-state index is 11.1. The average Bonchev–Trinajstić information content (AvgIpc) is 3.00. The summed E-state index contributed by atoms with van der Waals surface area (Å²) in [5.41, 5.74) is 3.49. The molecule has 3 unspecified atom stereocenters. The second-order valence-corrected chi connectivity index (χ2v) is 11.9. The summed E-state index contributed by atoms with van der Waals surface area (Å²) in [6, 6.07) is 0. The first kappa shape index (κ1) is 21.6. The maximum absolute atomic E-state index is 11.1. The quantitative estimate of drug-likeness (QED) is 0.545. The first-order valence-electron chi connectivity index (χ1n) is 12.3. The van der Waals surface area contributed by atoms with Crippen LogP contribution >= 0.6 is 0 Å². The third-order valence-electron chi connectivity index (χ3n) is 10.2. The lowest BCUT2D eigenvalue weighted by molar-refractivity contribution is -0.169. The number of hydrogen-bond donors (Lipinski definition) is 2. The van der Waals surface area contributed by atoms with E-state index >= 15 is 0 Å². The topological polar surface area (TPSA) is 40.5 Å². The summed E-state index contributed by atoms with van der Waals surface area (Å²) in [5.74, 6) is 3.10. The largest absolute Gasteiger partial charge is 0.393 e. The summed E-state index contributed by atoms with van der Waals surface area (Å²) in [6.45, 7) is 14.0. The lowest BCUT2D eigenvalue weighted by Gasteiger charge is -2.62. The van der Waals surface area contributed by atoms with Crippen LogP contribution < -0.4 is 0 Å². The lowest BCUT2D eigenvalue weighted by Crippen LogP contribution is -2.58. The van der Waals surface area contributed by atoms with Crippen molar-refractivity contribution in [3.63, 3.8) is 0 Å². The smallest absolute Gasteiger partial charge is 0.0577 e. The van der Waals surface area contributed by atoms with Gasteiger partial charge in [-0.1, -0.05) is 37.6 Å². The summed E-state index contributed by atoms with van der Waals surface area (Å²) in [6.07, 6.45) is 13.2. The minimum absolute atomic E-state index is 0.201.